The van der Waals surface area contributed by atoms with Crippen molar-refractivity contribution < 1.29 is 13.9 Å². The summed E-state index contributed by atoms with van der Waals surface area (Å²) in [5, 5.41) is 6.74. The van der Waals surface area contributed by atoms with Gasteiger partial charge < -0.3 is 20.1 Å². The molecule has 2 N–H and O–H groups in total. The van der Waals surface area contributed by atoms with Gasteiger partial charge in [0.25, 0.3) is 0 Å². The SMILES string of the molecule is CCNCCCNCc1cccc(OC)c1OCc1ccc(F)cc1.Cl.Cl. The maximum Gasteiger partial charge on any atom is 0.166 e. The Morgan fingerprint density at radius 2 is 1.67 bits per heavy atom. The summed E-state index contributed by atoms with van der Waals surface area (Å²) in [6.45, 7) is 6.12. The monoisotopic (exact) mass is 418 g/mol. The minimum absolute atomic E-state index is 0. The van der Waals surface area contributed by atoms with Gasteiger partial charge in [-0.2, -0.15) is 0 Å². The van der Waals surface area contributed by atoms with Crippen LogP contribution in [0.25, 0.3) is 0 Å². The molecule has 0 bridgehead atoms. The number of methoxy groups -OCH3 is 1. The highest BCUT2D eigenvalue weighted by molar-refractivity contribution is 5.85. The number of nitrogens with one attached hydrogen (secondary N) is 2. The molecule has 0 saturated heterocycles. The molecule has 0 aliphatic rings. The van der Waals surface area contributed by atoms with Crippen molar-refractivity contribution in [2.24, 2.45) is 0 Å². The third kappa shape index (κ3) is 8.80. The maximum atomic E-state index is 13.0. The lowest BCUT2D eigenvalue weighted by Gasteiger charge is -2.16. The van der Waals surface area contributed by atoms with Crippen molar-refractivity contribution in [2.45, 2.75) is 26.5 Å². The van der Waals surface area contributed by atoms with Gasteiger partial charge >= 0.3 is 0 Å². The topological polar surface area (TPSA) is 42.5 Å². The van der Waals surface area contributed by atoms with Crippen molar-refractivity contribution in [1.29, 1.82) is 0 Å². The summed E-state index contributed by atoms with van der Waals surface area (Å²) >= 11 is 0. The summed E-state index contributed by atoms with van der Waals surface area (Å²) < 4.78 is 24.4. The van der Waals surface area contributed by atoms with Gasteiger partial charge in [0.2, 0.25) is 0 Å². The fourth-order valence-corrected chi connectivity index (χ4v) is 2.50. The molecule has 0 saturated carbocycles. The Morgan fingerprint density at radius 3 is 2.33 bits per heavy atom. The molecular formula is C20H29Cl2FN2O2. The third-order valence-corrected chi connectivity index (χ3v) is 3.85. The summed E-state index contributed by atoms with van der Waals surface area (Å²) in [5.41, 5.74) is 1.96. The van der Waals surface area contributed by atoms with E-state index < -0.39 is 0 Å². The summed E-state index contributed by atoms with van der Waals surface area (Å²) in [6, 6.07) is 12.2. The molecule has 0 amide bonds. The van der Waals surface area contributed by atoms with Crippen molar-refractivity contribution in [3.05, 3.63) is 59.4 Å². The highest BCUT2D eigenvalue weighted by Gasteiger charge is 2.10. The first-order valence-electron chi connectivity index (χ1n) is 8.69. The fraction of sp³-hybridized carbons (Fsp3) is 0.400. The fourth-order valence-electron chi connectivity index (χ4n) is 2.50. The van der Waals surface area contributed by atoms with Crippen molar-refractivity contribution in [3.8, 4) is 11.5 Å². The van der Waals surface area contributed by atoms with Gasteiger partial charge in [-0.25, -0.2) is 4.39 Å². The van der Waals surface area contributed by atoms with E-state index in [1.54, 1.807) is 19.2 Å². The van der Waals surface area contributed by atoms with Crippen LogP contribution in [0.3, 0.4) is 0 Å². The Kier molecular flexibility index (Phi) is 13.7. The Labute approximate surface area is 173 Å². The van der Waals surface area contributed by atoms with Crippen LogP contribution in [0, 0.1) is 5.82 Å². The Hall–Kier alpha value is -1.53. The second kappa shape index (κ2) is 14.5. The van der Waals surface area contributed by atoms with Gasteiger partial charge in [-0.1, -0.05) is 31.2 Å². The molecule has 0 aliphatic carbocycles. The summed E-state index contributed by atoms with van der Waals surface area (Å²) in [7, 11) is 1.63. The molecule has 0 spiro atoms. The molecule has 7 heteroatoms. The highest BCUT2D eigenvalue weighted by Crippen LogP contribution is 2.31. The van der Waals surface area contributed by atoms with Crippen LogP contribution in [0.5, 0.6) is 11.5 Å². The first kappa shape index (κ1) is 25.5. The number of para-hydroxylation sites is 1. The van der Waals surface area contributed by atoms with E-state index in [0.717, 1.165) is 42.9 Å². The Balaban J connectivity index is 0.00000338. The summed E-state index contributed by atoms with van der Waals surface area (Å²) in [6.07, 6.45) is 1.07. The molecule has 0 atom stereocenters. The molecule has 27 heavy (non-hydrogen) atoms. The number of benzene rings is 2. The van der Waals surface area contributed by atoms with E-state index in [1.807, 2.05) is 18.2 Å². The van der Waals surface area contributed by atoms with Gasteiger partial charge in [0, 0.05) is 12.1 Å². The maximum absolute atomic E-state index is 13.0. The molecule has 0 radical (unpaired) electrons. The van der Waals surface area contributed by atoms with Crippen molar-refractivity contribution >= 4 is 24.8 Å². The van der Waals surface area contributed by atoms with Crippen LogP contribution in [0.2, 0.25) is 0 Å². The predicted octanol–water partition coefficient (Wildman–Crippen LogP) is 4.35. The Bertz CT molecular complexity index is 642. The number of ether oxygens (including phenoxy) is 2. The zero-order valence-electron chi connectivity index (χ0n) is 15.8. The van der Waals surface area contributed by atoms with Crippen LogP contribution in [-0.4, -0.2) is 26.7 Å². The second-order valence-corrected chi connectivity index (χ2v) is 5.75. The lowest BCUT2D eigenvalue weighted by atomic mass is 10.1. The van der Waals surface area contributed by atoms with Gasteiger partial charge in [0.1, 0.15) is 12.4 Å². The molecule has 4 nitrogen and oxygen atoms in total. The van der Waals surface area contributed by atoms with Gasteiger partial charge in [0.15, 0.2) is 11.5 Å². The van der Waals surface area contributed by atoms with Crippen molar-refractivity contribution in [3.63, 3.8) is 0 Å². The number of hydrogen-bond donors (Lipinski definition) is 2. The average Bonchev–Trinajstić information content (AvgIpc) is 2.64. The quantitative estimate of drug-likeness (QED) is 0.532. The smallest absolute Gasteiger partial charge is 0.166 e. The molecule has 0 heterocycles. The zero-order valence-corrected chi connectivity index (χ0v) is 17.4. The van der Waals surface area contributed by atoms with Crippen LogP contribution < -0.4 is 20.1 Å². The van der Waals surface area contributed by atoms with Gasteiger partial charge in [-0.15, -0.1) is 24.8 Å². The first-order valence-corrected chi connectivity index (χ1v) is 8.69. The Morgan fingerprint density at radius 1 is 0.963 bits per heavy atom. The molecule has 2 aromatic rings. The molecule has 2 rings (SSSR count). The molecule has 0 fully saturated rings. The molecule has 2 aromatic carbocycles. The highest BCUT2D eigenvalue weighted by atomic mass is 35.5. The van der Waals surface area contributed by atoms with Gasteiger partial charge in [-0.05, 0) is 49.8 Å². The van der Waals surface area contributed by atoms with Crippen LogP contribution in [0.4, 0.5) is 4.39 Å². The van der Waals surface area contributed by atoms with E-state index in [-0.39, 0.29) is 30.6 Å². The molecule has 152 valence electrons. The van der Waals surface area contributed by atoms with E-state index >= 15 is 0 Å². The lowest BCUT2D eigenvalue weighted by molar-refractivity contribution is 0.280. The van der Waals surface area contributed by atoms with Gasteiger partial charge in [0.05, 0.1) is 7.11 Å². The van der Waals surface area contributed by atoms with E-state index in [2.05, 4.69) is 17.6 Å². The van der Waals surface area contributed by atoms with E-state index in [0.29, 0.717) is 18.9 Å². The number of halogens is 3. The standard InChI is InChI=1S/C20H27FN2O2.2ClH/c1-3-22-12-5-13-23-14-17-6-4-7-19(24-2)20(17)25-15-16-8-10-18(21)11-9-16;;/h4,6-11,22-23H,3,5,12-15H2,1-2H3;2*1H. The number of rotatable bonds is 11. The molecule has 0 aliphatic heterocycles. The largest absolute Gasteiger partial charge is 0.493 e. The van der Waals surface area contributed by atoms with Crippen LogP contribution in [0.15, 0.2) is 42.5 Å². The van der Waals surface area contributed by atoms with E-state index in [9.17, 15) is 4.39 Å². The minimum atomic E-state index is -0.247. The first-order chi connectivity index (χ1) is 12.2. The van der Waals surface area contributed by atoms with Crippen LogP contribution in [0.1, 0.15) is 24.5 Å². The van der Waals surface area contributed by atoms with Crippen molar-refractivity contribution in [2.75, 3.05) is 26.7 Å². The number of hydrogen-bond acceptors (Lipinski definition) is 4. The molecular weight excluding hydrogens is 390 g/mol. The van der Waals surface area contributed by atoms with E-state index in [1.165, 1.54) is 12.1 Å². The summed E-state index contributed by atoms with van der Waals surface area (Å²) in [4.78, 5) is 0. The normalized spacial score (nSPS) is 9.89. The van der Waals surface area contributed by atoms with E-state index in [4.69, 9.17) is 9.47 Å². The molecule has 0 unspecified atom stereocenters. The molecule has 0 aromatic heterocycles. The minimum Gasteiger partial charge on any atom is -0.493 e. The second-order valence-electron chi connectivity index (χ2n) is 5.75. The average molecular weight is 419 g/mol. The predicted molar refractivity (Wildman–Crippen MR) is 113 cm³/mol. The van der Waals surface area contributed by atoms with Crippen LogP contribution in [-0.2, 0) is 13.2 Å². The lowest BCUT2D eigenvalue weighted by Crippen LogP contribution is -2.21. The third-order valence-electron chi connectivity index (χ3n) is 3.85. The van der Waals surface area contributed by atoms with Gasteiger partial charge in [-0.3, -0.25) is 0 Å². The summed E-state index contributed by atoms with van der Waals surface area (Å²) in [5.74, 6) is 1.19. The zero-order chi connectivity index (χ0) is 17.9. The van der Waals surface area contributed by atoms with Crippen molar-refractivity contribution in [1.82, 2.24) is 10.6 Å². The van der Waals surface area contributed by atoms with Crippen LogP contribution >= 0.6 is 24.8 Å².